The summed E-state index contributed by atoms with van der Waals surface area (Å²) in [6.45, 7) is 1.82. The molecule has 3 rings (SSSR count). The Morgan fingerprint density at radius 2 is 1.96 bits per heavy atom. The molecule has 0 atom stereocenters. The van der Waals surface area contributed by atoms with Gasteiger partial charge in [-0.3, -0.25) is 9.59 Å². The summed E-state index contributed by atoms with van der Waals surface area (Å²) in [7, 11) is 1.54. The SMILES string of the molecule is COc1ccc(C)cc1NC(=O)CNC(=O)CCc1nc2ccccc2[nH]1. The number of amides is 2. The standard InChI is InChI=1S/C20H22N4O3/c1-13-7-8-17(27-2)16(11-13)24-20(26)12-21-19(25)10-9-18-22-14-5-3-4-6-15(14)23-18/h3-8,11H,9-10,12H2,1-2H3,(H,21,25)(H,22,23)(H,24,26). The van der Waals surface area contributed by atoms with Gasteiger partial charge in [0.25, 0.3) is 0 Å². The first-order valence-corrected chi connectivity index (χ1v) is 8.70. The van der Waals surface area contributed by atoms with E-state index in [-0.39, 0.29) is 24.8 Å². The topological polar surface area (TPSA) is 96.1 Å². The minimum absolute atomic E-state index is 0.101. The molecule has 0 bridgehead atoms. The highest BCUT2D eigenvalue weighted by Crippen LogP contribution is 2.24. The Labute approximate surface area is 157 Å². The van der Waals surface area contributed by atoms with Crippen molar-refractivity contribution in [2.75, 3.05) is 19.0 Å². The van der Waals surface area contributed by atoms with Crippen LogP contribution >= 0.6 is 0 Å². The predicted molar refractivity (Wildman–Crippen MR) is 104 cm³/mol. The van der Waals surface area contributed by atoms with Crippen LogP contribution in [0.1, 0.15) is 17.8 Å². The van der Waals surface area contributed by atoms with Crippen LogP contribution in [-0.2, 0) is 16.0 Å². The lowest BCUT2D eigenvalue weighted by molar-refractivity contribution is -0.124. The summed E-state index contributed by atoms with van der Waals surface area (Å²) in [6.07, 6.45) is 0.731. The lowest BCUT2D eigenvalue weighted by Crippen LogP contribution is -2.33. The van der Waals surface area contributed by atoms with E-state index in [0.29, 0.717) is 17.9 Å². The van der Waals surface area contributed by atoms with Crippen molar-refractivity contribution < 1.29 is 14.3 Å². The number of fused-ring (bicyclic) bond motifs is 1. The molecule has 0 saturated heterocycles. The number of nitrogens with one attached hydrogen (secondary N) is 3. The van der Waals surface area contributed by atoms with Crippen molar-refractivity contribution in [3.05, 3.63) is 53.9 Å². The smallest absolute Gasteiger partial charge is 0.243 e. The third kappa shape index (κ3) is 4.84. The number of ether oxygens (including phenoxy) is 1. The van der Waals surface area contributed by atoms with Gasteiger partial charge in [-0.05, 0) is 36.8 Å². The molecule has 0 fully saturated rings. The number of benzene rings is 2. The minimum Gasteiger partial charge on any atom is -0.495 e. The second kappa shape index (κ2) is 8.35. The number of methoxy groups -OCH3 is 1. The Hall–Kier alpha value is -3.35. The van der Waals surface area contributed by atoms with E-state index < -0.39 is 0 Å². The van der Waals surface area contributed by atoms with E-state index in [0.717, 1.165) is 22.4 Å². The monoisotopic (exact) mass is 366 g/mol. The normalized spacial score (nSPS) is 10.6. The van der Waals surface area contributed by atoms with E-state index in [1.165, 1.54) is 0 Å². The maximum atomic E-state index is 12.1. The number of hydrogen-bond donors (Lipinski definition) is 3. The molecule has 1 heterocycles. The quantitative estimate of drug-likeness (QED) is 0.599. The summed E-state index contributed by atoms with van der Waals surface area (Å²) in [4.78, 5) is 31.7. The fourth-order valence-corrected chi connectivity index (χ4v) is 2.74. The van der Waals surface area contributed by atoms with E-state index >= 15 is 0 Å². The van der Waals surface area contributed by atoms with Gasteiger partial charge in [0, 0.05) is 12.8 Å². The molecule has 2 aromatic carbocycles. The van der Waals surface area contributed by atoms with Gasteiger partial charge in [-0.2, -0.15) is 0 Å². The van der Waals surface area contributed by atoms with Crippen LogP contribution in [0.25, 0.3) is 11.0 Å². The Bertz CT molecular complexity index is 932. The minimum atomic E-state index is -0.309. The molecule has 140 valence electrons. The first kappa shape index (κ1) is 18.4. The Morgan fingerprint density at radius 1 is 1.15 bits per heavy atom. The molecule has 0 spiro atoms. The van der Waals surface area contributed by atoms with Crippen molar-refractivity contribution >= 4 is 28.5 Å². The zero-order valence-corrected chi connectivity index (χ0v) is 15.3. The molecule has 0 saturated carbocycles. The van der Waals surface area contributed by atoms with Crippen LogP contribution in [0.2, 0.25) is 0 Å². The molecule has 0 aliphatic carbocycles. The Balaban J connectivity index is 1.47. The fraction of sp³-hybridized carbons (Fsp3) is 0.250. The van der Waals surface area contributed by atoms with E-state index in [4.69, 9.17) is 4.74 Å². The van der Waals surface area contributed by atoms with Gasteiger partial charge in [-0.1, -0.05) is 18.2 Å². The molecule has 0 radical (unpaired) electrons. The lowest BCUT2D eigenvalue weighted by Gasteiger charge is -2.11. The lowest BCUT2D eigenvalue weighted by atomic mass is 10.2. The molecular formula is C20H22N4O3. The van der Waals surface area contributed by atoms with Crippen molar-refractivity contribution in [3.63, 3.8) is 0 Å². The van der Waals surface area contributed by atoms with Crippen LogP contribution in [0.5, 0.6) is 5.75 Å². The fourth-order valence-electron chi connectivity index (χ4n) is 2.74. The highest BCUT2D eigenvalue weighted by Gasteiger charge is 2.10. The second-order valence-corrected chi connectivity index (χ2v) is 6.23. The molecular weight excluding hydrogens is 344 g/mol. The molecule has 0 aliphatic rings. The average Bonchev–Trinajstić information content (AvgIpc) is 3.08. The zero-order chi connectivity index (χ0) is 19.2. The van der Waals surface area contributed by atoms with Crippen LogP contribution in [-0.4, -0.2) is 35.4 Å². The number of aromatic nitrogens is 2. The summed E-state index contributed by atoms with van der Waals surface area (Å²) in [5, 5.41) is 5.38. The summed E-state index contributed by atoms with van der Waals surface area (Å²) in [6, 6.07) is 13.2. The second-order valence-electron chi connectivity index (χ2n) is 6.23. The molecule has 7 nitrogen and oxygen atoms in total. The highest BCUT2D eigenvalue weighted by molar-refractivity contribution is 5.95. The van der Waals surface area contributed by atoms with Crippen LogP contribution < -0.4 is 15.4 Å². The van der Waals surface area contributed by atoms with E-state index in [2.05, 4.69) is 20.6 Å². The maximum absolute atomic E-state index is 12.1. The highest BCUT2D eigenvalue weighted by atomic mass is 16.5. The summed E-state index contributed by atoms with van der Waals surface area (Å²) in [5.74, 6) is 0.809. The van der Waals surface area contributed by atoms with Crippen molar-refractivity contribution in [1.82, 2.24) is 15.3 Å². The molecule has 27 heavy (non-hydrogen) atoms. The van der Waals surface area contributed by atoms with Crippen molar-refractivity contribution in [2.24, 2.45) is 0 Å². The summed E-state index contributed by atoms with van der Waals surface area (Å²) in [5.41, 5.74) is 3.40. The third-order valence-electron chi connectivity index (χ3n) is 4.10. The number of H-pyrrole nitrogens is 1. The van der Waals surface area contributed by atoms with Crippen LogP contribution in [0.15, 0.2) is 42.5 Å². The Kier molecular flexibility index (Phi) is 5.71. The van der Waals surface area contributed by atoms with Crippen molar-refractivity contribution in [1.29, 1.82) is 0 Å². The number of nitrogens with zero attached hydrogens (tertiary/aromatic N) is 1. The van der Waals surface area contributed by atoms with E-state index in [1.807, 2.05) is 43.3 Å². The largest absolute Gasteiger partial charge is 0.495 e. The predicted octanol–water partition coefficient (Wildman–Crippen LogP) is 2.57. The van der Waals surface area contributed by atoms with Gasteiger partial charge in [0.05, 0.1) is 30.4 Å². The molecule has 3 aromatic rings. The van der Waals surface area contributed by atoms with Gasteiger partial charge >= 0.3 is 0 Å². The van der Waals surface area contributed by atoms with Crippen LogP contribution in [0, 0.1) is 6.92 Å². The van der Waals surface area contributed by atoms with Gasteiger partial charge in [0.1, 0.15) is 11.6 Å². The van der Waals surface area contributed by atoms with Gasteiger partial charge in [-0.15, -0.1) is 0 Å². The molecule has 7 heteroatoms. The van der Waals surface area contributed by atoms with Crippen LogP contribution in [0.4, 0.5) is 5.69 Å². The molecule has 0 unspecified atom stereocenters. The summed E-state index contributed by atoms with van der Waals surface area (Å²) >= 11 is 0. The number of anilines is 1. The number of rotatable bonds is 7. The van der Waals surface area contributed by atoms with Gasteiger partial charge < -0.3 is 20.4 Å². The number of carbonyl (C=O) groups excluding carboxylic acids is 2. The molecule has 3 N–H and O–H groups in total. The number of para-hydroxylation sites is 2. The number of hydrogen-bond acceptors (Lipinski definition) is 4. The number of aryl methyl sites for hydroxylation is 2. The average molecular weight is 366 g/mol. The zero-order valence-electron chi connectivity index (χ0n) is 15.3. The van der Waals surface area contributed by atoms with Gasteiger partial charge in [0.15, 0.2) is 0 Å². The number of carbonyl (C=O) groups is 2. The number of imidazole rings is 1. The van der Waals surface area contributed by atoms with Crippen molar-refractivity contribution in [2.45, 2.75) is 19.8 Å². The molecule has 1 aromatic heterocycles. The van der Waals surface area contributed by atoms with Crippen LogP contribution in [0.3, 0.4) is 0 Å². The van der Waals surface area contributed by atoms with Crippen molar-refractivity contribution in [3.8, 4) is 5.75 Å². The first-order valence-electron chi connectivity index (χ1n) is 8.70. The summed E-state index contributed by atoms with van der Waals surface area (Å²) < 4.78 is 5.23. The third-order valence-corrected chi connectivity index (χ3v) is 4.10. The Morgan fingerprint density at radius 3 is 2.74 bits per heavy atom. The van der Waals surface area contributed by atoms with Gasteiger partial charge in [0.2, 0.25) is 11.8 Å². The van der Waals surface area contributed by atoms with Gasteiger partial charge in [-0.25, -0.2) is 4.98 Å². The molecule has 0 aliphatic heterocycles. The first-order chi connectivity index (χ1) is 13.0. The number of aromatic amines is 1. The van der Waals surface area contributed by atoms with E-state index in [9.17, 15) is 9.59 Å². The maximum Gasteiger partial charge on any atom is 0.243 e. The molecule has 2 amide bonds. The van der Waals surface area contributed by atoms with E-state index in [1.54, 1.807) is 13.2 Å².